The van der Waals surface area contributed by atoms with Crippen molar-refractivity contribution in [2.24, 2.45) is 0 Å². The van der Waals surface area contributed by atoms with Gasteiger partial charge in [-0.25, -0.2) is 0 Å². The van der Waals surface area contributed by atoms with Gasteiger partial charge < -0.3 is 0 Å². The SMILES string of the molecule is O=C(/C=C\c1ccccc1)c1c2ccccc2cc2ccccc12. The molecule has 0 aromatic heterocycles. The molecule has 4 aromatic carbocycles. The van der Waals surface area contributed by atoms with E-state index in [-0.39, 0.29) is 5.78 Å². The number of allylic oxidation sites excluding steroid dienone is 1. The minimum atomic E-state index is 0.0341. The smallest absolute Gasteiger partial charge is 0.187 e. The van der Waals surface area contributed by atoms with Gasteiger partial charge in [-0.05, 0) is 39.3 Å². The first-order chi connectivity index (χ1) is 11.8. The largest absolute Gasteiger partial charge is 0.289 e. The predicted octanol–water partition coefficient (Wildman–Crippen LogP) is 5.89. The topological polar surface area (TPSA) is 17.1 Å². The lowest BCUT2D eigenvalue weighted by Crippen LogP contribution is -1.98. The molecule has 0 atom stereocenters. The summed E-state index contributed by atoms with van der Waals surface area (Å²) in [5, 5.41) is 4.18. The van der Waals surface area contributed by atoms with Crippen LogP contribution in [0.4, 0.5) is 0 Å². The normalized spacial score (nSPS) is 11.3. The van der Waals surface area contributed by atoms with E-state index in [0.29, 0.717) is 0 Å². The molecule has 0 aliphatic rings. The Morgan fingerprint density at radius 3 is 1.83 bits per heavy atom. The molecule has 0 radical (unpaired) electrons. The zero-order chi connectivity index (χ0) is 16.4. The summed E-state index contributed by atoms with van der Waals surface area (Å²) in [6, 6.07) is 28.2. The van der Waals surface area contributed by atoms with Crippen molar-refractivity contribution < 1.29 is 4.79 Å². The average Bonchev–Trinajstić information content (AvgIpc) is 2.65. The Bertz CT molecular complexity index is 1010. The summed E-state index contributed by atoms with van der Waals surface area (Å²) in [5.41, 5.74) is 1.80. The fraction of sp³-hybridized carbons (Fsp3) is 0. The van der Waals surface area contributed by atoms with Crippen molar-refractivity contribution in [3.05, 3.63) is 102 Å². The standard InChI is InChI=1S/C23H16O/c24-22(15-14-17-8-2-1-3-9-17)23-20-12-6-4-10-18(20)16-19-11-5-7-13-21(19)23/h1-16H/b15-14-. The van der Waals surface area contributed by atoms with Gasteiger partial charge in [0.2, 0.25) is 0 Å². The lowest BCUT2D eigenvalue weighted by atomic mass is 9.94. The average molecular weight is 308 g/mol. The third-order valence-corrected chi connectivity index (χ3v) is 4.24. The van der Waals surface area contributed by atoms with E-state index in [0.717, 1.165) is 32.7 Å². The van der Waals surface area contributed by atoms with Crippen LogP contribution in [-0.2, 0) is 0 Å². The zero-order valence-electron chi connectivity index (χ0n) is 13.1. The second kappa shape index (κ2) is 6.13. The summed E-state index contributed by atoms with van der Waals surface area (Å²) in [5.74, 6) is 0.0341. The van der Waals surface area contributed by atoms with E-state index < -0.39 is 0 Å². The van der Waals surface area contributed by atoms with Gasteiger partial charge in [0.15, 0.2) is 5.78 Å². The van der Waals surface area contributed by atoms with Crippen LogP contribution in [0.1, 0.15) is 15.9 Å². The highest BCUT2D eigenvalue weighted by Gasteiger charge is 2.12. The van der Waals surface area contributed by atoms with Crippen LogP contribution in [0.15, 0.2) is 91.0 Å². The Labute approximate surface area is 140 Å². The monoisotopic (exact) mass is 308 g/mol. The van der Waals surface area contributed by atoms with Crippen LogP contribution >= 0.6 is 0 Å². The van der Waals surface area contributed by atoms with Crippen molar-refractivity contribution in [1.29, 1.82) is 0 Å². The lowest BCUT2D eigenvalue weighted by molar-refractivity contribution is 0.105. The predicted molar refractivity (Wildman–Crippen MR) is 101 cm³/mol. The summed E-state index contributed by atoms with van der Waals surface area (Å²) in [4.78, 5) is 13.0. The molecule has 0 spiro atoms. The van der Waals surface area contributed by atoms with Crippen LogP contribution in [0.2, 0.25) is 0 Å². The highest BCUT2D eigenvalue weighted by molar-refractivity contribution is 6.23. The van der Waals surface area contributed by atoms with Crippen molar-refractivity contribution in [3.8, 4) is 0 Å². The molecule has 24 heavy (non-hydrogen) atoms. The first-order valence-corrected chi connectivity index (χ1v) is 8.01. The molecule has 0 saturated carbocycles. The second-order valence-corrected chi connectivity index (χ2v) is 5.80. The number of rotatable bonds is 3. The van der Waals surface area contributed by atoms with Gasteiger partial charge in [-0.3, -0.25) is 4.79 Å². The van der Waals surface area contributed by atoms with Crippen LogP contribution in [0.5, 0.6) is 0 Å². The molecule has 0 N–H and O–H groups in total. The summed E-state index contributed by atoms with van der Waals surface area (Å²) in [7, 11) is 0. The highest BCUT2D eigenvalue weighted by atomic mass is 16.1. The van der Waals surface area contributed by atoms with Crippen LogP contribution in [-0.4, -0.2) is 5.78 Å². The Kier molecular flexibility index (Phi) is 3.68. The van der Waals surface area contributed by atoms with Crippen molar-refractivity contribution in [3.63, 3.8) is 0 Å². The Morgan fingerprint density at radius 2 is 1.21 bits per heavy atom. The number of carbonyl (C=O) groups is 1. The first-order valence-electron chi connectivity index (χ1n) is 8.01. The van der Waals surface area contributed by atoms with Crippen LogP contribution < -0.4 is 0 Å². The van der Waals surface area contributed by atoms with E-state index in [4.69, 9.17) is 0 Å². The Balaban J connectivity index is 1.90. The van der Waals surface area contributed by atoms with E-state index >= 15 is 0 Å². The highest BCUT2D eigenvalue weighted by Crippen LogP contribution is 2.29. The lowest BCUT2D eigenvalue weighted by Gasteiger charge is -2.09. The molecule has 4 rings (SSSR count). The third kappa shape index (κ3) is 2.61. The van der Waals surface area contributed by atoms with Gasteiger partial charge in [-0.2, -0.15) is 0 Å². The van der Waals surface area contributed by atoms with Crippen molar-refractivity contribution in [1.82, 2.24) is 0 Å². The zero-order valence-corrected chi connectivity index (χ0v) is 13.1. The summed E-state index contributed by atoms with van der Waals surface area (Å²) in [6.07, 6.45) is 3.54. The molecular weight excluding hydrogens is 292 g/mol. The quantitative estimate of drug-likeness (QED) is 0.262. The van der Waals surface area contributed by atoms with Gasteiger partial charge in [0.1, 0.15) is 0 Å². The van der Waals surface area contributed by atoms with E-state index in [1.165, 1.54) is 0 Å². The second-order valence-electron chi connectivity index (χ2n) is 5.80. The summed E-state index contributed by atoms with van der Waals surface area (Å²) in [6.45, 7) is 0. The van der Waals surface area contributed by atoms with Gasteiger partial charge in [0.25, 0.3) is 0 Å². The molecule has 0 fully saturated rings. The molecule has 1 heteroatoms. The van der Waals surface area contributed by atoms with Crippen molar-refractivity contribution in [2.75, 3.05) is 0 Å². The van der Waals surface area contributed by atoms with Crippen LogP contribution in [0.3, 0.4) is 0 Å². The fourth-order valence-electron chi connectivity index (χ4n) is 3.10. The molecule has 0 aliphatic heterocycles. The van der Waals surface area contributed by atoms with E-state index in [1.807, 2.05) is 72.8 Å². The minimum Gasteiger partial charge on any atom is -0.289 e. The maximum atomic E-state index is 13.0. The van der Waals surface area contributed by atoms with Gasteiger partial charge in [-0.1, -0.05) is 84.9 Å². The van der Waals surface area contributed by atoms with Crippen LogP contribution in [0.25, 0.3) is 27.6 Å². The minimum absolute atomic E-state index is 0.0341. The molecule has 0 saturated heterocycles. The van der Waals surface area contributed by atoms with Crippen LogP contribution in [0, 0.1) is 0 Å². The number of hydrogen-bond acceptors (Lipinski definition) is 1. The summed E-state index contributed by atoms with van der Waals surface area (Å²) >= 11 is 0. The number of carbonyl (C=O) groups excluding carboxylic acids is 1. The molecule has 4 aromatic rings. The molecular formula is C23H16O. The number of benzene rings is 4. The van der Waals surface area contributed by atoms with Gasteiger partial charge in [0.05, 0.1) is 0 Å². The molecule has 114 valence electrons. The summed E-state index contributed by atoms with van der Waals surface area (Å²) < 4.78 is 0. The van der Waals surface area contributed by atoms with Gasteiger partial charge in [-0.15, -0.1) is 0 Å². The fourth-order valence-corrected chi connectivity index (χ4v) is 3.10. The molecule has 0 bridgehead atoms. The number of ketones is 1. The number of hydrogen-bond donors (Lipinski definition) is 0. The first kappa shape index (κ1) is 14.4. The third-order valence-electron chi connectivity index (χ3n) is 4.24. The van der Waals surface area contributed by atoms with Gasteiger partial charge >= 0.3 is 0 Å². The molecule has 1 nitrogen and oxygen atoms in total. The van der Waals surface area contributed by atoms with E-state index in [9.17, 15) is 4.79 Å². The molecule has 0 aliphatic carbocycles. The van der Waals surface area contributed by atoms with Crippen molar-refractivity contribution in [2.45, 2.75) is 0 Å². The Morgan fingerprint density at radius 1 is 0.667 bits per heavy atom. The molecule has 0 heterocycles. The Hall–Kier alpha value is -3.19. The van der Waals surface area contributed by atoms with E-state index in [2.05, 4.69) is 18.2 Å². The maximum absolute atomic E-state index is 13.0. The van der Waals surface area contributed by atoms with E-state index in [1.54, 1.807) is 6.08 Å². The maximum Gasteiger partial charge on any atom is 0.187 e. The molecule has 0 amide bonds. The number of fused-ring (bicyclic) bond motifs is 2. The van der Waals surface area contributed by atoms with Crippen molar-refractivity contribution >= 4 is 33.4 Å². The molecule has 0 unspecified atom stereocenters. The van der Waals surface area contributed by atoms with Gasteiger partial charge in [0, 0.05) is 5.56 Å².